The number of hydrogen-bond acceptors (Lipinski definition) is 4. The molecular weight excluding hydrogens is 208 g/mol. The number of benzene rings is 1. The average Bonchev–Trinajstić information content (AvgIpc) is 2.25. The van der Waals surface area contributed by atoms with E-state index in [1.165, 1.54) is 12.1 Å². The molecule has 1 aromatic carbocycles. The highest BCUT2D eigenvalue weighted by Crippen LogP contribution is 2.38. The molecular formula is C12H14O4. The van der Waals surface area contributed by atoms with Gasteiger partial charge in [-0.15, -0.1) is 0 Å². The zero-order valence-corrected chi connectivity index (χ0v) is 8.76. The smallest absolute Gasteiger partial charge is 0.130 e. The van der Waals surface area contributed by atoms with Crippen LogP contribution in [0.3, 0.4) is 0 Å². The van der Waals surface area contributed by atoms with Crippen molar-refractivity contribution in [2.24, 2.45) is 0 Å². The zero-order valence-electron chi connectivity index (χ0n) is 8.76. The molecule has 1 aliphatic heterocycles. The van der Waals surface area contributed by atoms with Gasteiger partial charge in [0.15, 0.2) is 0 Å². The Morgan fingerprint density at radius 1 is 1.38 bits per heavy atom. The van der Waals surface area contributed by atoms with E-state index in [0.717, 1.165) is 18.2 Å². The Morgan fingerprint density at radius 3 is 2.94 bits per heavy atom. The molecule has 2 rings (SSSR count). The Balaban J connectivity index is 2.19. The minimum atomic E-state index is -0.0166. The Bertz CT molecular complexity index is 412. The monoisotopic (exact) mass is 222 g/mol. The minimum absolute atomic E-state index is 0.00500. The van der Waals surface area contributed by atoms with Crippen molar-refractivity contribution >= 4 is 0 Å². The summed E-state index contributed by atoms with van der Waals surface area (Å²) in [5.41, 5.74) is 0.738. The maximum atomic E-state index is 9.61. The summed E-state index contributed by atoms with van der Waals surface area (Å²) in [4.78, 5) is 0. The summed E-state index contributed by atoms with van der Waals surface area (Å²) >= 11 is 0. The number of aliphatic hydroxyl groups is 1. The molecule has 4 heteroatoms. The maximum absolute atomic E-state index is 9.61. The molecule has 0 fully saturated rings. The lowest BCUT2D eigenvalue weighted by atomic mass is 9.99. The van der Waals surface area contributed by atoms with E-state index < -0.39 is 0 Å². The first kappa shape index (κ1) is 10.7. The fourth-order valence-corrected chi connectivity index (χ4v) is 1.90. The predicted molar refractivity (Wildman–Crippen MR) is 58.9 cm³/mol. The van der Waals surface area contributed by atoms with Crippen molar-refractivity contribution in [3.05, 3.63) is 30.0 Å². The van der Waals surface area contributed by atoms with Crippen LogP contribution < -0.4 is 4.74 Å². The van der Waals surface area contributed by atoms with Crippen molar-refractivity contribution in [2.45, 2.75) is 25.4 Å². The first-order chi connectivity index (χ1) is 7.70. The molecule has 1 heterocycles. The molecule has 3 N–H and O–H groups in total. The fourth-order valence-electron chi connectivity index (χ4n) is 1.90. The molecule has 0 aromatic heterocycles. The molecule has 0 spiro atoms. The Morgan fingerprint density at radius 2 is 2.19 bits per heavy atom. The Kier molecular flexibility index (Phi) is 2.90. The van der Waals surface area contributed by atoms with Crippen LogP contribution in [0.4, 0.5) is 0 Å². The zero-order chi connectivity index (χ0) is 11.5. The topological polar surface area (TPSA) is 69.9 Å². The summed E-state index contributed by atoms with van der Waals surface area (Å²) in [6.45, 7) is 0. The molecule has 0 aliphatic carbocycles. The summed E-state index contributed by atoms with van der Waals surface area (Å²) in [6.07, 6.45) is 4.72. The first-order valence-electron chi connectivity index (χ1n) is 5.21. The van der Waals surface area contributed by atoms with Gasteiger partial charge in [-0.3, -0.25) is 0 Å². The first-order valence-corrected chi connectivity index (χ1v) is 5.21. The molecule has 86 valence electrons. The van der Waals surface area contributed by atoms with Gasteiger partial charge in [0.2, 0.25) is 0 Å². The van der Waals surface area contributed by atoms with E-state index >= 15 is 0 Å². The lowest BCUT2D eigenvalue weighted by Gasteiger charge is -2.25. The van der Waals surface area contributed by atoms with E-state index in [1.807, 2.05) is 0 Å². The van der Waals surface area contributed by atoms with Gasteiger partial charge in [-0.1, -0.05) is 0 Å². The molecule has 1 aliphatic rings. The van der Waals surface area contributed by atoms with E-state index in [-0.39, 0.29) is 17.6 Å². The highest BCUT2D eigenvalue weighted by Gasteiger charge is 2.22. The van der Waals surface area contributed by atoms with Crippen LogP contribution in [-0.4, -0.2) is 21.4 Å². The van der Waals surface area contributed by atoms with Crippen LogP contribution in [0.15, 0.2) is 24.5 Å². The van der Waals surface area contributed by atoms with Crippen LogP contribution >= 0.6 is 0 Å². The molecule has 0 amide bonds. The van der Waals surface area contributed by atoms with Crippen LogP contribution in [0, 0.1) is 0 Å². The second-order valence-electron chi connectivity index (χ2n) is 3.84. The largest absolute Gasteiger partial charge is 0.516 e. The number of ether oxygens (including phenoxy) is 1. The lowest BCUT2D eigenvalue weighted by Crippen LogP contribution is -2.21. The highest BCUT2D eigenvalue weighted by molar-refractivity contribution is 5.50. The molecule has 16 heavy (non-hydrogen) atoms. The van der Waals surface area contributed by atoms with Crippen LogP contribution in [0.25, 0.3) is 0 Å². The van der Waals surface area contributed by atoms with Gasteiger partial charge in [-0.05, 0) is 18.9 Å². The summed E-state index contributed by atoms with van der Waals surface area (Å²) < 4.78 is 5.61. The quantitative estimate of drug-likeness (QED) is 0.671. The van der Waals surface area contributed by atoms with Crippen LogP contribution in [0.2, 0.25) is 0 Å². The van der Waals surface area contributed by atoms with Crippen molar-refractivity contribution in [3.63, 3.8) is 0 Å². The molecule has 0 unspecified atom stereocenters. The normalized spacial score (nSPS) is 19.4. The maximum Gasteiger partial charge on any atom is 0.130 e. The van der Waals surface area contributed by atoms with Crippen molar-refractivity contribution in [1.82, 2.24) is 0 Å². The SMILES string of the molecule is O/C=C/C[C@@H]1CCc2c(O)cc(O)cc2O1. The van der Waals surface area contributed by atoms with Gasteiger partial charge < -0.3 is 20.1 Å². The van der Waals surface area contributed by atoms with E-state index in [4.69, 9.17) is 9.84 Å². The molecule has 0 saturated carbocycles. The van der Waals surface area contributed by atoms with Gasteiger partial charge in [-0.2, -0.15) is 0 Å². The van der Waals surface area contributed by atoms with Gasteiger partial charge in [-0.25, -0.2) is 0 Å². The molecule has 0 radical (unpaired) electrons. The van der Waals surface area contributed by atoms with E-state index in [0.29, 0.717) is 18.6 Å². The summed E-state index contributed by atoms with van der Waals surface area (Å²) in [6, 6.07) is 2.82. The number of aromatic hydroxyl groups is 2. The number of hydrogen-bond donors (Lipinski definition) is 3. The van der Waals surface area contributed by atoms with Gasteiger partial charge in [0.25, 0.3) is 0 Å². The average molecular weight is 222 g/mol. The second kappa shape index (κ2) is 4.35. The van der Waals surface area contributed by atoms with Gasteiger partial charge in [0.05, 0.1) is 6.26 Å². The third kappa shape index (κ3) is 2.05. The fraction of sp³-hybridized carbons (Fsp3) is 0.333. The molecule has 1 aromatic rings. The third-order valence-corrected chi connectivity index (χ3v) is 2.68. The summed E-state index contributed by atoms with van der Waals surface area (Å²) in [5, 5.41) is 27.5. The number of rotatable bonds is 2. The predicted octanol–water partition coefficient (Wildman–Crippen LogP) is 2.25. The van der Waals surface area contributed by atoms with Crippen LogP contribution in [-0.2, 0) is 6.42 Å². The number of fused-ring (bicyclic) bond motifs is 1. The van der Waals surface area contributed by atoms with Crippen LogP contribution in [0.5, 0.6) is 17.2 Å². The van der Waals surface area contributed by atoms with Gasteiger partial charge in [0.1, 0.15) is 23.4 Å². The molecule has 1 atom stereocenters. The van der Waals surface area contributed by atoms with Crippen molar-refractivity contribution in [3.8, 4) is 17.2 Å². The second-order valence-corrected chi connectivity index (χ2v) is 3.84. The minimum Gasteiger partial charge on any atom is -0.516 e. The Labute approximate surface area is 93.4 Å². The van der Waals surface area contributed by atoms with E-state index in [1.54, 1.807) is 6.08 Å². The number of aliphatic hydroxyl groups excluding tert-OH is 1. The van der Waals surface area contributed by atoms with Gasteiger partial charge in [0, 0.05) is 24.1 Å². The molecule has 4 nitrogen and oxygen atoms in total. The third-order valence-electron chi connectivity index (χ3n) is 2.68. The summed E-state index contributed by atoms with van der Waals surface area (Å²) in [7, 11) is 0. The van der Waals surface area contributed by atoms with E-state index in [9.17, 15) is 10.2 Å². The standard InChI is InChI=1S/C12H14O4/c13-5-1-2-9-3-4-10-11(15)6-8(14)7-12(10)16-9/h1,5-7,9,13-15H,2-4H2/b5-1+/t9-/m1/s1. The van der Waals surface area contributed by atoms with E-state index in [2.05, 4.69) is 0 Å². The number of phenolic OH excluding ortho intramolecular Hbond substituents is 2. The van der Waals surface area contributed by atoms with Gasteiger partial charge >= 0.3 is 0 Å². The Hall–Kier alpha value is -1.84. The lowest BCUT2D eigenvalue weighted by molar-refractivity contribution is 0.173. The van der Waals surface area contributed by atoms with Crippen LogP contribution in [0.1, 0.15) is 18.4 Å². The highest BCUT2D eigenvalue weighted by atomic mass is 16.5. The van der Waals surface area contributed by atoms with Crippen molar-refractivity contribution < 1.29 is 20.1 Å². The van der Waals surface area contributed by atoms with Crippen molar-refractivity contribution in [1.29, 1.82) is 0 Å². The number of phenols is 2. The summed E-state index contributed by atoms with van der Waals surface area (Å²) in [5.74, 6) is 0.598. The molecule has 0 saturated heterocycles. The van der Waals surface area contributed by atoms with Crippen molar-refractivity contribution in [2.75, 3.05) is 0 Å². The molecule has 0 bridgehead atoms.